The average molecular weight is 334 g/mol. The second kappa shape index (κ2) is 4.91. The average Bonchev–Trinajstić information content (AvgIpc) is 2.13. The number of pyridine rings is 1. The summed E-state index contributed by atoms with van der Waals surface area (Å²) in [5, 5.41) is 0. The fourth-order valence-electron chi connectivity index (χ4n) is 0.989. The lowest BCUT2D eigenvalue weighted by molar-refractivity contribution is -0.197. The Morgan fingerprint density at radius 3 is 2.35 bits per heavy atom. The molecule has 0 aliphatic heterocycles. The van der Waals surface area contributed by atoms with Gasteiger partial charge in [0.1, 0.15) is 0 Å². The first-order valence-corrected chi connectivity index (χ1v) is 6.77. The van der Waals surface area contributed by atoms with E-state index in [9.17, 15) is 21.6 Å². The zero-order valence-corrected chi connectivity index (χ0v) is 10.8. The van der Waals surface area contributed by atoms with E-state index in [1.54, 1.807) is 0 Å². The highest BCUT2D eigenvalue weighted by Crippen LogP contribution is 2.36. The molecule has 17 heavy (non-hydrogen) atoms. The van der Waals surface area contributed by atoms with Crippen LogP contribution in [-0.4, -0.2) is 25.8 Å². The first-order chi connectivity index (χ1) is 7.59. The van der Waals surface area contributed by atoms with E-state index in [-0.39, 0.29) is 0 Å². The largest absolute Gasteiger partial charge is 0.421 e. The van der Waals surface area contributed by atoms with E-state index in [0.717, 1.165) is 12.3 Å². The van der Waals surface area contributed by atoms with E-state index in [4.69, 9.17) is 0 Å². The highest BCUT2D eigenvalue weighted by molar-refractivity contribution is 9.10. The highest BCUT2D eigenvalue weighted by atomic mass is 79.9. The predicted octanol–water partition coefficient (Wildman–Crippen LogP) is 2.42. The fraction of sp³-hybridized carbons (Fsp3) is 0.375. The molecule has 0 N–H and O–H groups in total. The fourth-order valence-corrected chi connectivity index (χ4v) is 1.78. The van der Waals surface area contributed by atoms with E-state index in [1.165, 1.54) is 6.07 Å². The lowest BCUT2D eigenvalue weighted by atomic mass is 10.2. The van der Waals surface area contributed by atoms with Gasteiger partial charge < -0.3 is 0 Å². The Bertz CT molecular complexity index is 486. The zero-order chi connectivity index (χ0) is 13.3. The summed E-state index contributed by atoms with van der Waals surface area (Å²) in [4.78, 5) is 3.47. The molecule has 0 bridgehead atoms. The molecule has 96 valence electrons. The van der Waals surface area contributed by atoms with Gasteiger partial charge in [-0.2, -0.15) is 21.6 Å². The number of nitrogens with zero attached hydrogens (tertiary/aromatic N) is 1. The second-order valence-electron chi connectivity index (χ2n) is 3.12. The number of aromatic nitrogens is 1. The molecule has 0 fully saturated rings. The molecule has 1 unspecified atom stereocenters. The minimum atomic E-state index is -4.86. The van der Waals surface area contributed by atoms with Gasteiger partial charge in [-0.15, -0.1) is 0 Å². The molecule has 1 heterocycles. The molecule has 4 nitrogen and oxygen atoms in total. The molecule has 0 spiro atoms. The van der Waals surface area contributed by atoms with Crippen LogP contribution in [0.2, 0.25) is 0 Å². The smallest absolute Gasteiger partial charge is 0.257 e. The van der Waals surface area contributed by atoms with Crippen molar-refractivity contribution in [2.75, 3.05) is 6.26 Å². The van der Waals surface area contributed by atoms with Crippen LogP contribution in [0.5, 0.6) is 0 Å². The number of rotatable bonds is 3. The van der Waals surface area contributed by atoms with Crippen LogP contribution in [0.25, 0.3) is 0 Å². The predicted molar refractivity (Wildman–Crippen MR) is 56.7 cm³/mol. The maximum Gasteiger partial charge on any atom is 0.421 e. The molecule has 0 radical (unpaired) electrons. The van der Waals surface area contributed by atoms with Crippen LogP contribution in [0.1, 0.15) is 11.8 Å². The number of hydrogen-bond donors (Lipinski definition) is 0. The van der Waals surface area contributed by atoms with Crippen LogP contribution in [0.15, 0.2) is 22.8 Å². The van der Waals surface area contributed by atoms with Crippen LogP contribution in [0.4, 0.5) is 13.2 Å². The first-order valence-electron chi connectivity index (χ1n) is 4.16. The van der Waals surface area contributed by atoms with Gasteiger partial charge in [0.15, 0.2) is 0 Å². The third kappa shape index (κ3) is 4.60. The summed E-state index contributed by atoms with van der Waals surface area (Å²) in [7, 11) is -4.24. The lowest BCUT2D eigenvalue weighted by Crippen LogP contribution is -2.26. The quantitative estimate of drug-likeness (QED) is 0.797. The summed E-state index contributed by atoms with van der Waals surface area (Å²) >= 11 is 3.00. The van der Waals surface area contributed by atoms with E-state index >= 15 is 0 Å². The summed E-state index contributed by atoms with van der Waals surface area (Å²) in [6.45, 7) is 0. The Labute approximate surface area is 104 Å². The van der Waals surface area contributed by atoms with Gasteiger partial charge in [0, 0.05) is 10.7 Å². The third-order valence-corrected chi connectivity index (χ3v) is 2.60. The second-order valence-corrected chi connectivity index (χ2v) is 5.64. The molecule has 0 saturated heterocycles. The number of halogens is 4. The number of alkyl halides is 3. The minimum absolute atomic E-state index is 0.474. The Hall–Kier alpha value is -0.670. The molecule has 0 aliphatic rings. The van der Waals surface area contributed by atoms with Gasteiger partial charge in [-0.1, -0.05) is 0 Å². The molecule has 0 aliphatic carbocycles. The minimum Gasteiger partial charge on any atom is -0.257 e. The van der Waals surface area contributed by atoms with Gasteiger partial charge in [0.2, 0.25) is 6.10 Å². The van der Waals surface area contributed by atoms with Crippen LogP contribution >= 0.6 is 15.9 Å². The topological polar surface area (TPSA) is 56.3 Å². The summed E-state index contributed by atoms with van der Waals surface area (Å²) in [6, 6.07) is 2.35. The maximum atomic E-state index is 12.6. The summed E-state index contributed by atoms with van der Waals surface area (Å²) in [5.41, 5.74) is -0.522. The maximum absolute atomic E-state index is 12.6. The van der Waals surface area contributed by atoms with Crippen LogP contribution in [-0.2, 0) is 14.3 Å². The van der Waals surface area contributed by atoms with Gasteiger partial charge in [-0.05, 0) is 28.1 Å². The van der Waals surface area contributed by atoms with Gasteiger partial charge in [-0.3, -0.25) is 9.17 Å². The zero-order valence-electron chi connectivity index (χ0n) is 8.40. The Morgan fingerprint density at radius 1 is 1.41 bits per heavy atom. The van der Waals surface area contributed by atoms with Gasteiger partial charge in [-0.25, -0.2) is 0 Å². The van der Waals surface area contributed by atoms with Crippen molar-refractivity contribution >= 4 is 26.0 Å². The van der Waals surface area contributed by atoms with Crippen molar-refractivity contribution in [1.29, 1.82) is 0 Å². The van der Waals surface area contributed by atoms with Crippen molar-refractivity contribution < 1.29 is 25.8 Å². The van der Waals surface area contributed by atoms with Gasteiger partial charge in [0.25, 0.3) is 10.1 Å². The van der Waals surface area contributed by atoms with Crippen LogP contribution in [0, 0.1) is 0 Å². The standard InChI is InChI=1S/C8H7BrF3NO3S/c1-17(14,15)16-7(8(10,11)12)6-3-2-5(9)4-13-6/h2-4,7H,1H3. The van der Waals surface area contributed by atoms with Crippen molar-refractivity contribution in [1.82, 2.24) is 4.98 Å². The molecule has 1 atom stereocenters. The molecule has 1 aromatic heterocycles. The highest BCUT2D eigenvalue weighted by Gasteiger charge is 2.45. The Morgan fingerprint density at radius 2 is 2.00 bits per heavy atom. The summed E-state index contributed by atoms with van der Waals surface area (Å²) in [5.74, 6) is 0. The lowest BCUT2D eigenvalue weighted by Gasteiger charge is -2.18. The summed E-state index contributed by atoms with van der Waals surface area (Å²) in [6.07, 6.45) is -5.78. The van der Waals surface area contributed by atoms with Crippen molar-refractivity contribution in [3.63, 3.8) is 0 Å². The monoisotopic (exact) mass is 333 g/mol. The molecule has 0 amide bonds. The SMILES string of the molecule is CS(=O)(=O)OC(c1ccc(Br)cn1)C(F)(F)F. The molecular formula is C8H7BrF3NO3S. The van der Waals surface area contributed by atoms with E-state index in [2.05, 4.69) is 25.1 Å². The van der Waals surface area contributed by atoms with E-state index in [1.807, 2.05) is 0 Å². The molecule has 9 heteroatoms. The molecule has 1 aromatic rings. The molecular weight excluding hydrogens is 327 g/mol. The van der Waals surface area contributed by atoms with Crippen molar-refractivity contribution in [2.24, 2.45) is 0 Å². The van der Waals surface area contributed by atoms with Crippen LogP contribution in [0.3, 0.4) is 0 Å². The Balaban J connectivity index is 3.12. The van der Waals surface area contributed by atoms with Crippen molar-refractivity contribution in [3.05, 3.63) is 28.5 Å². The van der Waals surface area contributed by atoms with E-state index < -0.39 is 28.1 Å². The molecule has 1 rings (SSSR count). The third-order valence-electron chi connectivity index (χ3n) is 1.59. The first kappa shape index (κ1) is 14.4. The van der Waals surface area contributed by atoms with Crippen molar-refractivity contribution in [3.8, 4) is 0 Å². The number of hydrogen-bond acceptors (Lipinski definition) is 4. The normalized spacial score (nSPS) is 14.6. The summed E-state index contributed by atoms with van der Waals surface area (Å²) < 4.78 is 63.8. The van der Waals surface area contributed by atoms with Crippen LogP contribution < -0.4 is 0 Å². The molecule has 0 saturated carbocycles. The Kier molecular flexibility index (Phi) is 4.15. The van der Waals surface area contributed by atoms with Gasteiger partial charge in [0.05, 0.1) is 11.9 Å². The van der Waals surface area contributed by atoms with Gasteiger partial charge >= 0.3 is 6.18 Å². The molecule has 0 aromatic carbocycles. The van der Waals surface area contributed by atoms with E-state index in [0.29, 0.717) is 10.7 Å². The van der Waals surface area contributed by atoms with Crippen molar-refractivity contribution in [2.45, 2.75) is 12.3 Å².